The van der Waals surface area contributed by atoms with Crippen molar-refractivity contribution in [1.82, 2.24) is 25.5 Å². The summed E-state index contributed by atoms with van der Waals surface area (Å²) in [6.07, 6.45) is 0. The number of aromatic nitrogens is 4. The van der Waals surface area contributed by atoms with Gasteiger partial charge in [0.05, 0.1) is 18.8 Å². The predicted octanol–water partition coefficient (Wildman–Crippen LogP) is 1.02. The molecule has 102 valence electrons. The van der Waals surface area contributed by atoms with Crippen molar-refractivity contribution in [2.24, 2.45) is 0 Å². The Morgan fingerprint density at radius 1 is 1.32 bits per heavy atom. The first kappa shape index (κ1) is 13.6. The number of hydrogen-bond donors (Lipinski definition) is 1. The van der Waals surface area contributed by atoms with Crippen LogP contribution in [0.5, 0.6) is 0 Å². The molecule has 6 nitrogen and oxygen atoms in total. The Bertz CT molecular complexity index is 538. The number of rotatable bonds is 6. The Hall–Kier alpha value is -1.79. The number of aryl methyl sites for hydroxylation is 2. The van der Waals surface area contributed by atoms with Gasteiger partial charge < -0.3 is 10.1 Å². The molecule has 1 aromatic carbocycles. The molecule has 0 unspecified atom stereocenters. The summed E-state index contributed by atoms with van der Waals surface area (Å²) in [5.41, 5.74) is 3.36. The first-order valence-electron chi connectivity index (χ1n) is 6.27. The molecule has 0 aliphatic rings. The van der Waals surface area contributed by atoms with E-state index in [-0.39, 0.29) is 0 Å². The van der Waals surface area contributed by atoms with Crippen LogP contribution in [-0.4, -0.2) is 40.5 Å². The Labute approximate surface area is 112 Å². The standard InChI is InChI=1S/C13H19N5O/c1-10-4-5-11(2)12(8-10)18-13(15-16-17-18)9-14-6-7-19-3/h4-5,8,14H,6-7,9H2,1-3H3. The van der Waals surface area contributed by atoms with Crippen molar-refractivity contribution in [3.63, 3.8) is 0 Å². The molecule has 0 aliphatic heterocycles. The molecule has 6 heteroatoms. The van der Waals surface area contributed by atoms with Crippen LogP contribution in [0, 0.1) is 13.8 Å². The summed E-state index contributed by atoms with van der Waals surface area (Å²) in [5.74, 6) is 0.796. The van der Waals surface area contributed by atoms with Crippen molar-refractivity contribution in [1.29, 1.82) is 0 Å². The van der Waals surface area contributed by atoms with E-state index in [4.69, 9.17) is 4.74 Å². The number of benzene rings is 1. The van der Waals surface area contributed by atoms with Gasteiger partial charge in [-0.1, -0.05) is 12.1 Å². The molecule has 0 bridgehead atoms. The van der Waals surface area contributed by atoms with Crippen molar-refractivity contribution >= 4 is 0 Å². The van der Waals surface area contributed by atoms with Crippen LogP contribution in [0.4, 0.5) is 0 Å². The minimum atomic E-state index is 0.615. The Morgan fingerprint density at radius 3 is 2.95 bits per heavy atom. The van der Waals surface area contributed by atoms with Crippen LogP contribution >= 0.6 is 0 Å². The van der Waals surface area contributed by atoms with E-state index in [1.807, 2.05) is 0 Å². The van der Waals surface area contributed by atoms with Crippen LogP contribution in [0.2, 0.25) is 0 Å². The van der Waals surface area contributed by atoms with Crippen molar-refractivity contribution in [2.75, 3.05) is 20.3 Å². The number of hydrogen-bond acceptors (Lipinski definition) is 5. The summed E-state index contributed by atoms with van der Waals surface area (Å²) in [5, 5.41) is 15.1. The summed E-state index contributed by atoms with van der Waals surface area (Å²) in [6, 6.07) is 6.25. The highest BCUT2D eigenvalue weighted by atomic mass is 16.5. The molecule has 1 N–H and O–H groups in total. The van der Waals surface area contributed by atoms with Gasteiger partial charge in [0.25, 0.3) is 0 Å². The zero-order chi connectivity index (χ0) is 13.7. The van der Waals surface area contributed by atoms with Crippen LogP contribution in [-0.2, 0) is 11.3 Å². The van der Waals surface area contributed by atoms with E-state index in [1.54, 1.807) is 11.8 Å². The number of tetrazole rings is 1. The molecular weight excluding hydrogens is 242 g/mol. The van der Waals surface area contributed by atoms with Crippen LogP contribution in [0.1, 0.15) is 17.0 Å². The van der Waals surface area contributed by atoms with E-state index >= 15 is 0 Å². The smallest absolute Gasteiger partial charge is 0.170 e. The van der Waals surface area contributed by atoms with Gasteiger partial charge in [-0.05, 0) is 41.5 Å². The van der Waals surface area contributed by atoms with Gasteiger partial charge in [-0.25, -0.2) is 0 Å². The molecule has 0 radical (unpaired) electrons. The minimum absolute atomic E-state index is 0.615. The maximum absolute atomic E-state index is 4.99. The lowest BCUT2D eigenvalue weighted by Gasteiger charge is -2.09. The van der Waals surface area contributed by atoms with Crippen molar-refractivity contribution in [2.45, 2.75) is 20.4 Å². The van der Waals surface area contributed by atoms with Gasteiger partial charge in [0.2, 0.25) is 0 Å². The molecule has 0 amide bonds. The average molecular weight is 261 g/mol. The molecule has 0 saturated heterocycles. The van der Waals surface area contributed by atoms with E-state index < -0.39 is 0 Å². The zero-order valence-corrected chi connectivity index (χ0v) is 11.6. The lowest BCUT2D eigenvalue weighted by molar-refractivity contribution is 0.199. The molecule has 2 rings (SSSR count). The monoisotopic (exact) mass is 261 g/mol. The Balaban J connectivity index is 2.16. The lowest BCUT2D eigenvalue weighted by Crippen LogP contribution is -2.21. The molecule has 0 atom stereocenters. The molecule has 1 aromatic heterocycles. The van der Waals surface area contributed by atoms with Crippen molar-refractivity contribution < 1.29 is 4.74 Å². The van der Waals surface area contributed by atoms with E-state index in [9.17, 15) is 0 Å². The maximum Gasteiger partial charge on any atom is 0.170 e. The summed E-state index contributed by atoms with van der Waals surface area (Å²) in [7, 11) is 1.68. The van der Waals surface area contributed by atoms with Gasteiger partial charge in [-0.15, -0.1) is 5.10 Å². The summed E-state index contributed by atoms with van der Waals surface area (Å²) in [4.78, 5) is 0. The molecule has 19 heavy (non-hydrogen) atoms. The van der Waals surface area contributed by atoms with Gasteiger partial charge in [-0.2, -0.15) is 4.68 Å². The highest BCUT2D eigenvalue weighted by Crippen LogP contribution is 2.15. The Morgan fingerprint density at radius 2 is 2.16 bits per heavy atom. The van der Waals surface area contributed by atoms with Crippen LogP contribution in [0.3, 0.4) is 0 Å². The van der Waals surface area contributed by atoms with Gasteiger partial charge in [0.1, 0.15) is 0 Å². The van der Waals surface area contributed by atoms with E-state index in [1.165, 1.54) is 5.56 Å². The second-order valence-electron chi connectivity index (χ2n) is 4.47. The molecule has 0 spiro atoms. The predicted molar refractivity (Wildman–Crippen MR) is 72.2 cm³/mol. The third kappa shape index (κ3) is 3.36. The maximum atomic E-state index is 4.99. The molecule has 0 saturated carbocycles. The normalized spacial score (nSPS) is 10.9. The molecule has 0 aliphatic carbocycles. The number of nitrogens with zero attached hydrogens (tertiary/aromatic N) is 4. The quantitative estimate of drug-likeness (QED) is 0.786. The highest BCUT2D eigenvalue weighted by Gasteiger charge is 2.10. The van der Waals surface area contributed by atoms with E-state index in [0.29, 0.717) is 13.2 Å². The summed E-state index contributed by atoms with van der Waals surface area (Å²) in [6.45, 7) is 6.17. The first-order chi connectivity index (χ1) is 9.22. The largest absolute Gasteiger partial charge is 0.383 e. The lowest BCUT2D eigenvalue weighted by atomic mass is 10.1. The number of methoxy groups -OCH3 is 1. The second kappa shape index (κ2) is 6.40. The van der Waals surface area contributed by atoms with Crippen LogP contribution in [0.25, 0.3) is 5.69 Å². The molecular formula is C13H19N5O. The Kier molecular flexibility index (Phi) is 4.59. The van der Waals surface area contributed by atoms with Crippen molar-refractivity contribution in [3.8, 4) is 5.69 Å². The van der Waals surface area contributed by atoms with E-state index in [2.05, 4.69) is 52.9 Å². The number of nitrogens with one attached hydrogen (secondary N) is 1. The fourth-order valence-corrected chi connectivity index (χ4v) is 1.83. The highest BCUT2D eigenvalue weighted by molar-refractivity contribution is 5.42. The minimum Gasteiger partial charge on any atom is -0.383 e. The van der Waals surface area contributed by atoms with Crippen molar-refractivity contribution in [3.05, 3.63) is 35.2 Å². The third-order valence-corrected chi connectivity index (χ3v) is 2.89. The zero-order valence-electron chi connectivity index (χ0n) is 11.6. The van der Waals surface area contributed by atoms with Crippen LogP contribution in [0.15, 0.2) is 18.2 Å². The SMILES string of the molecule is COCCNCc1nnnn1-c1cc(C)ccc1C. The van der Waals surface area contributed by atoms with E-state index in [0.717, 1.165) is 23.6 Å². The van der Waals surface area contributed by atoms with Gasteiger partial charge in [0, 0.05) is 13.7 Å². The average Bonchev–Trinajstić information content (AvgIpc) is 2.86. The fraction of sp³-hybridized carbons (Fsp3) is 0.462. The van der Waals surface area contributed by atoms with Gasteiger partial charge in [-0.3, -0.25) is 0 Å². The summed E-state index contributed by atoms with van der Waals surface area (Å²) < 4.78 is 6.77. The van der Waals surface area contributed by atoms with Crippen LogP contribution < -0.4 is 5.32 Å². The number of ether oxygens (including phenoxy) is 1. The molecule has 1 heterocycles. The molecule has 0 fully saturated rings. The van der Waals surface area contributed by atoms with Gasteiger partial charge in [0.15, 0.2) is 5.82 Å². The van der Waals surface area contributed by atoms with Gasteiger partial charge >= 0.3 is 0 Å². The fourth-order valence-electron chi connectivity index (χ4n) is 1.83. The second-order valence-corrected chi connectivity index (χ2v) is 4.47. The molecule has 2 aromatic rings. The third-order valence-electron chi connectivity index (χ3n) is 2.89. The topological polar surface area (TPSA) is 64.9 Å². The first-order valence-corrected chi connectivity index (χ1v) is 6.27. The summed E-state index contributed by atoms with van der Waals surface area (Å²) >= 11 is 0.